The molecule has 6 nitrogen and oxygen atoms in total. The maximum absolute atomic E-state index is 14.4. The van der Waals surface area contributed by atoms with Crippen molar-refractivity contribution in [2.75, 3.05) is 0 Å². The second-order valence-electron chi connectivity index (χ2n) is 7.65. The van der Waals surface area contributed by atoms with Gasteiger partial charge in [0.05, 0.1) is 17.8 Å². The van der Waals surface area contributed by atoms with Crippen molar-refractivity contribution in [1.82, 2.24) is 20.5 Å². The number of aromatic nitrogens is 3. The van der Waals surface area contributed by atoms with Crippen LogP contribution in [0.25, 0.3) is 22.2 Å². The number of fused-ring (bicyclic) bond motifs is 1. The van der Waals surface area contributed by atoms with Gasteiger partial charge in [0, 0.05) is 17.4 Å². The fraction of sp³-hybridized carbons (Fsp3) is 0.227. The van der Waals surface area contributed by atoms with E-state index in [1.54, 1.807) is 12.1 Å². The number of benzene rings is 2. The SMILES string of the molecule is O=C(NCc1nnco1)C1CC(c2c(-c3ccc(F)cc3)[nH]c3c(F)cc(F)cc23)C1. The predicted octanol–water partition coefficient (Wildman–Crippen LogP) is 4.45. The first-order chi connectivity index (χ1) is 15.0. The molecule has 1 aliphatic carbocycles. The number of hydrogen-bond acceptors (Lipinski definition) is 4. The van der Waals surface area contributed by atoms with Crippen molar-refractivity contribution in [2.24, 2.45) is 5.92 Å². The van der Waals surface area contributed by atoms with Gasteiger partial charge in [-0.05, 0) is 60.2 Å². The Morgan fingerprint density at radius 1 is 1.13 bits per heavy atom. The van der Waals surface area contributed by atoms with E-state index in [0.29, 0.717) is 35.4 Å². The highest BCUT2D eigenvalue weighted by Crippen LogP contribution is 2.48. The first-order valence-electron chi connectivity index (χ1n) is 9.79. The summed E-state index contributed by atoms with van der Waals surface area (Å²) in [5.41, 5.74) is 2.20. The molecule has 1 aliphatic rings. The molecule has 0 unspecified atom stereocenters. The number of nitrogens with zero attached hydrogens (tertiary/aromatic N) is 2. The molecule has 5 rings (SSSR count). The van der Waals surface area contributed by atoms with E-state index in [4.69, 9.17) is 4.42 Å². The summed E-state index contributed by atoms with van der Waals surface area (Å²) < 4.78 is 46.8. The number of H-pyrrole nitrogens is 1. The summed E-state index contributed by atoms with van der Waals surface area (Å²) in [7, 11) is 0. The van der Waals surface area contributed by atoms with E-state index < -0.39 is 11.6 Å². The molecule has 31 heavy (non-hydrogen) atoms. The number of carbonyl (C=O) groups is 1. The number of carbonyl (C=O) groups excluding carboxylic acids is 1. The standard InChI is InChI=1S/C22H17F3N4O2/c23-14-3-1-11(2-4-14)20-19(16-7-15(24)8-17(25)21(16)28-20)12-5-13(6-12)22(30)26-9-18-29-27-10-31-18/h1-4,7-8,10,12-13,28H,5-6,9H2,(H,26,30). The van der Waals surface area contributed by atoms with E-state index in [1.165, 1.54) is 24.6 Å². The van der Waals surface area contributed by atoms with Gasteiger partial charge in [-0.1, -0.05) is 0 Å². The number of rotatable bonds is 5. The number of amides is 1. The summed E-state index contributed by atoms with van der Waals surface area (Å²) in [5.74, 6) is -1.91. The van der Waals surface area contributed by atoms with Crippen molar-refractivity contribution in [3.8, 4) is 11.3 Å². The van der Waals surface area contributed by atoms with E-state index in [-0.39, 0.29) is 35.6 Å². The van der Waals surface area contributed by atoms with Crippen LogP contribution in [0.4, 0.5) is 13.2 Å². The molecule has 9 heteroatoms. The van der Waals surface area contributed by atoms with Gasteiger partial charge in [-0.15, -0.1) is 10.2 Å². The van der Waals surface area contributed by atoms with Crippen molar-refractivity contribution < 1.29 is 22.4 Å². The molecule has 2 N–H and O–H groups in total. The molecule has 0 spiro atoms. The molecule has 2 aromatic carbocycles. The van der Waals surface area contributed by atoms with Crippen LogP contribution >= 0.6 is 0 Å². The third-order valence-electron chi connectivity index (χ3n) is 5.73. The Morgan fingerprint density at radius 2 is 1.90 bits per heavy atom. The fourth-order valence-electron chi connectivity index (χ4n) is 4.16. The average molecular weight is 426 g/mol. The van der Waals surface area contributed by atoms with Crippen molar-refractivity contribution >= 4 is 16.8 Å². The fourth-order valence-corrected chi connectivity index (χ4v) is 4.16. The second-order valence-corrected chi connectivity index (χ2v) is 7.65. The van der Waals surface area contributed by atoms with Crippen LogP contribution in [0, 0.1) is 23.4 Å². The molecule has 0 atom stereocenters. The molecule has 0 saturated heterocycles. The maximum atomic E-state index is 14.4. The minimum Gasteiger partial charge on any atom is -0.426 e. The van der Waals surface area contributed by atoms with E-state index in [0.717, 1.165) is 11.6 Å². The van der Waals surface area contributed by atoms with Gasteiger partial charge in [0.15, 0.2) is 0 Å². The first-order valence-corrected chi connectivity index (χ1v) is 9.79. The minimum atomic E-state index is -0.696. The Hall–Kier alpha value is -3.62. The van der Waals surface area contributed by atoms with Gasteiger partial charge in [0.2, 0.25) is 18.2 Å². The molecule has 1 fully saturated rings. The van der Waals surface area contributed by atoms with Crippen LogP contribution in [0.5, 0.6) is 0 Å². The van der Waals surface area contributed by atoms with Crippen LogP contribution in [0.15, 0.2) is 47.2 Å². The van der Waals surface area contributed by atoms with Gasteiger partial charge in [-0.25, -0.2) is 13.2 Å². The summed E-state index contributed by atoms with van der Waals surface area (Å²) >= 11 is 0. The Balaban J connectivity index is 1.43. The zero-order chi connectivity index (χ0) is 21.5. The van der Waals surface area contributed by atoms with Crippen molar-refractivity contribution in [3.63, 3.8) is 0 Å². The molecule has 2 aromatic heterocycles. The molecule has 0 radical (unpaired) electrons. The Morgan fingerprint density at radius 3 is 2.61 bits per heavy atom. The topological polar surface area (TPSA) is 83.8 Å². The van der Waals surface area contributed by atoms with Crippen molar-refractivity contribution in [1.29, 1.82) is 0 Å². The first kappa shape index (κ1) is 19.3. The van der Waals surface area contributed by atoms with Crippen LogP contribution in [0.2, 0.25) is 0 Å². The number of hydrogen-bond donors (Lipinski definition) is 2. The Kier molecular flexibility index (Phi) is 4.72. The quantitative estimate of drug-likeness (QED) is 0.494. The van der Waals surface area contributed by atoms with Gasteiger partial charge in [-0.3, -0.25) is 4.79 Å². The molecule has 4 aromatic rings. The second kappa shape index (κ2) is 7.57. The van der Waals surface area contributed by atoms with Crippen LogP contribution in [-0.4, -0.2) is 21.1 Å². The molecular formula is C22H17F3N4O2. The van der Waals surface area contributed by atoms with Gasteiger partial charge in [0.1, 0.15) is 17.5 Å². The molecule has 1 amide bonds. The third-order valence-corrected chi connectivity index (χ3v) is 5.73. The number of aromatic amines is 1. The zero-order valence-corrected chi connectivity index (χ0v) is 16.2. The van der Waals surface area contributed by atoms with Crippen LogP contribution in [0.3, 0.4) is 0 Å². The van der Waals surface area contributed by atoms with E-state index in [9.17, 15) is 18.0 Å². The highest BCUT2D eigenvalue weighted by Gasteiger charge is 2.38. The highest BCUT2D eigenvalue weighted by molar-refractivity contribution is 5.92. The highest BCUT2D eigenvalue weighted by atomic mass is 19.1. The van der Waals surface area contributed by atoms with E-state index >= 15 is 0 Å². The van der Waals surface area contributed by atoms with E-state index in [1.807, 2.05) is 0 Å². The lowest BCUT2D eigenvalue weighted by atomic mass is 9.70. The number of nitrogens with one attached hydrogen (secondary N) is 2. The van der Waals surface area contributed by atoms with Crippen molar-refractivity contribution in [3.05, 3.63) is 71.7 Å². The molecule has 0 bridgehead atoms. The van der Waals surface area contributed by atoms with Crippen molar-refractivity contribution in [2.45, 2.75) is 25.3 Å². The average Bonchev–Trinajstić information content (AvgIpc) is 3.35. The van der Waals surface area contributed by atoms with Crippen LogP contribution in [0.1, 0.15) is 30.2 Å². The smallest absolute Gasteiger partial charge is 0.235 e. The summed E-state index contributed by atoms with van der Waals surface area (Å²) in [4.78, 5) is 15.5. The lowest BCUT2D eigenvalue weighted by molar-refractivity contribution is -0.128. The molecule has 158 valence electrons. The summed E-state index contributed by atoms with van der Waals surface area (Å²) in [6.07, 6.45) is 2.23. The Labute approximate surface area is 174 Å². The number of halogens is 3. The minimum absolute atomic E-state index is 0.0749. The monoisotopic (exact) mass is 426 g/mol. The summed E-state index contributed by atoms with van der Waals surface area (Å²) in [5, 5.41) is 10.5. The summed E-state index contributed by atoms with van der Waals surface area (Å²) in [6.45, 7) is 0.143. The van der Waals surface area contributed by atoms with Gasteiger partial charge >= 0.3 is 0 Å². The predicted molar refractivity (Wildman–Crippen MR) is 105 cm³/mol. The largest absolute Gasteiger partial charge is 0.426 e. The zero-order valence-electron chi connectivity index (χ0n) is 16.2. The molecular weight excluding hydrogens is 409 g/mol. The van der Waals surface area contributed by atoms with Crippen LogP contribution < -0.4 is 5.32 Å². The van der Waals surface area contributed by atoms with Gasteiger partial charge in [-0.2, -0.15) is 0 Å². The molecule has 2 heterocycles. The lowest BCUT2D eigenvalue weighted by Gasteiger charge is -2.35. The molecule has 0 aliphatic heterocycles. The molecule has 1 saturated carbocycles. The van der Waals surface area contributed by atoms with Gasteiger partial charge < -0.3 is 14.7 Å². The van der Waals surface area contributed by atoms with E-state index in [2.05, 4.69) is 20.5 Å². The third kappa shape index (κ3) is 3.56. The summed E-state index contributed by atoms with van der Waals surface area (Å²) in [6, 6.07) is 7.92. The lowest BCUT2D eigenvalue weighted by Crippen LogP contribution is -2.37. The maximum Gasteiger partial charge on any atom is 0.235 e. The van der Waals surface area contributed by atoms with Crippen LogP contribution in [-0.2, 0) is 11.3 Å². The Bertz CT molecular complexity index is 1250. The normalized spacial score (nSPS) is 18.2. The van der Waals surface area contributed by atoms with Gasteiger partial charge in [0.25, 0.3) is 0 Å².